The molecule has 0 spiro atoms. The van der Waals surface area contributed by atoms with E-state index in [0.29, 0.717) is 11.4 Å². The SMILES string of the molecule is Cc1ccnn1-c1ccc(C(=O)OCc2nc(-c3cccs3)no2)cc1. The van der Waals surface area contributed by atoms with E-state index in [1.165, 1.54) is 11.3 Å². The number of benzene rings is 1. The summed E-state index contributed by atoms with van der Waals surface area (Å²) in [4.78, 5) is 17.3. The third kappa shape index (κ3) is 3.27. The van der Waals surface area contributed by atoms with Crippen LogP contribution < -0.4 is 0 Å². The van der Waals surface area contributed by atoms with Gasteiger partial charge in [-0.15, -0.1) is 11.3 Å². The van der Waals surface area contributed by atoms with E-state index in [0.717, 1.165) is 16.3 Å². The molecule has 0 bridgehead atoms. The number of hydrogen-bond acceptors (Lipinski definition) is 7. The molecule has 26 heavy (non-hydrogen) atoms. The Labute approximate surface area is 152 Å². The van der Waals surface area contributed by atoms with Gasteiger partial charge in [0.05, 0.1) is 16.1 Å². The quantitative estimate of drug-likeness (QED) is 0.501. The van der Waals surface area contributed by atoms with Gasteiger partial charge in [-0.2, -0.15) is 10.1 Å². The molecule has 7 nitrogen and oxygen atoms in total. The predicted octanol–water partition coefficient (Wildman–Crippen LogP) is 3.65. The fourth-order valence-electron chi connectivity index (χ4n) is 2.41. The maximum Gasteiger partial charge on any atom is 0.338 e. The van der Waals surface area contributed by atoms with E-state index >= 15 is 0 Å². The molecule has 0 saturated carbocycles. The monoisotopic (exact) mass is 366 g/mol. The first kappa shape index (κ1) is 16.2. The lowest BCUT2D eigenvalue weighted by atomic mass is 10.2. The molecule has 0 N–H and O–H groups in total. The van der Waals surface area contributed by atoms with Gasteiger partial charge in [0, 0.05) is 11.9 Å². The summed E-state index contributed by atoms with van der Waals surface area (Å²) in [6, 6.07) is 12.7. The first-order chi connectivity index (χ1) is 12.7. The number of aryl methyl sites for hydroxylation is 1. The van der Waals surface area contributed by atoms with Crippen molar-refractivity contribution >= 4 is 17.3 Å². The van der Waals surface area contributed by atoms with Crippen LogP contribution in [0.2, 0.25) is 0 Å². The van der Waals surface area contributed by atoms with Crippen molar-refractivity contribution < 1.29 is 14.1 Å². The van der Waals surface area contributed by atoms with Crippen LogP contribution in [0, 0.1) is 6.92 Å². The molecule has 0 aliphatic heterocycles. The maximum absolute atomic E-state index is 12.2. The van der Waals surface area contributed by atoms with Crippen molar-refractivity contribution in [1.29, 1.82) is 0 Å². The predicted molar refractivity (Wildman–Crippen MR) is 95.0 cm³/mol. The van der Waals surface area contributed by atoms with Crippen molar-refractivity contribution in [2.24, 2.45) is 0 Å². The summed E-state index contributed by atoms with van der Waals surface area (Å²) >= 11 is 1.51. The Balaban J connectivity index is 1.40. The molecule has 1 aromatic carbocycles. The molecule has 4 aromatic rings. The molecule has 0 unspecified atom stereocenters. The van der Waals surface area contributed by atoms with Crippen LogP contribution in [0.5, 0.6) is 0 Å². The van der Waals surface area contributed by atoms with Gasteiger partial charge in [0.1, 0.15) is 0 Å². The second kappa shape index (κ2) is 6.93. The molecule has 0 atom stereocenters. The minimum atomic E-state index is -0.454. The minimum Gasteiger partial charge on any atom is -0.452 e. The Hall–Kier alpha value is -3.26. The van der Waals surface area contributed by atoms with Gasteiger partial charge in [-0.1, -0.05) is 11.2 Å². The number of hydrogen-bond donors (Lipinski definition) is 0. The van der Waals surface area contributed by atoms with Crippen LogP contribution in [0.15, 0.2) is 58.6 Å². The molecule has 0 radical (unpaired) electrons. The van der Waals surface area contributed by atoms with Crippen LogP contribution in [0.25, 0.3) is 16.4 Å². The summed E-state index contributed by atoms with van der Waals surface area (Å²) in [6.07, 6.45) is 1.73. The first-order valence-corrected chi connectivity index (χ1v) is 8.73. The summed E-state index contributed by atoms with van der Waals surface area (Å²) in [6.45, 7) is 1.89. The highest BCUT2D eigenvalue weighted by molar-refractivity contribution is 7.13. The molecule has 8 heteroatoms. The molecule has 3 aromatic heterocycles. The average molecular weight is 366 g/mol. The van der Waals surface area contributed by atoms with Crippen LogP contribution >= 0.6 is 11.3 Å². The lowest BCUT2D eigenvalue weighted by molar-refractivity contribution is 0.0430. The maximum atomic E-state index is 12.2. The van der Waals surface area contributed by atoms with Gasteiger partial charge in [0.2, 0.25) is 5.82 Å². The minimum absolute atomic E-state index is 0.0722. The van der Waals surface area contributed by atoms with Crippen LogP contribution in [0.4, 0.5) is 0 Å². The van der Waals surface area contributed by atoms with E-state index in [4.69, 9.17) is 9.26 Å². The number of nitrogens with zero attached hydrogens (tertiary/aromatic N) is 4. The summed E-state index contributed by atoms with van der Waals surface area (Å²) < 4.78 is 12.1. The first-order valence-electron chi connectivity index (χ1n) is 7.85. The van der Waals surface area contributed by atoms with Crippen LogP contribution in [0.3, 0.4) is 0 Å². The van der Waals surface area contributed by atoms with Crippen LogP contribution in [-0.4, -0.2) is 25.9 Å². The van der Waals surface area contributed by atoms with E-state index in [1.54, 1.807) is 23.0 Å². The number of carbonyl (C=O) groups excluding carboxylic acids is 1. The highest BCUT2D eigenvalue weighted by Crippen LogP contribution is 2.21. The molecular weight excluding hydrogens is 352 g/mol. The van der Waals surface area contributed by atoms with Gasteiger partial charge >= 0.3 is 5.97 Å². The highest BCUT2D eigenvalue weighted by atomic mass is 32.1. The Morgan fingerprint density at radius 3 is 2.77 bits per heavy atom. The number of carbonyl (C=O) groups is 1. The second-order valence-corrected chi connectivity index (χ2v) is 6.44. The topological polar surface area (TPSA) is 83.0 Å². The van der Waals surface area contributed by atoms with Crippen molar-refractivity contribution in [3.63, 3.8) is 0 Å². The van der Waals surface area contributed by atoms with Gasteiger partial charge in [-0.05, 0) is 48.7 Å². The zero-order valence-corrected chi connectivity index (χ0v) is 14.6. The Kier molecular flexibility index (Phi) is 4.32. The van der Waals surface area contributed by atoms with Crippen molar-refractivity contribution in [2.75, 3.05) is 0 Å². The zero-order valence-electron chi connectivity index (χ0n) is 13.8. The Morgan fingerprint density at radius 2 is 2.08 bits per heavy atom. The summed E-state index contributed by atoms with van der Waals surface area (Å²) in [7, 11) is 0. The number of ether oxygens (including phenoxy) is 1. The number of thiophene rings is 1. The molecule has 3 heterocycles. The van der Waals surface area contributed by atoms with Gasteiger partial charge in [0.25, 0.3) is 5.89 Å². The molecule has 0 amide bonds. The van der Waals surface area contributed by atoms with Gasteiger partial charge in [-0.25, -0.2) is 9.48 Å². The standard InChI is InChI=1S/C18H14N4O3S/c1-12-8-9-19-22(12)14-6-4-13(5-7-14)18(23)24-11-16-20-17(21-25-16)15-3-2-10-26-15/h2-10H,11H2,1H3. The second-order valence-electron chi connectivity index (χ2n) is 5.50. The third-order valence-corrected chi connectivity index (χ3v) is 4.58. The van der Waals surface area contributed by atoms with Crippen molar-refractivity contribution in [3.05, 3.63) is 71.2 Å². The van der Waals surface area contributed by atoms with Gasteiger partial charge < -0.3 is 9.26 Å². The third-order valence-electron chi connectivity index (χ3n) is 3.72. The molecule has 0 saturated heterocycles. The summed E-state index contributed by atoms with van der Waals surface area (Å²) in [5.41, 5.74) is 2.33. The summed E-state index contributed by atoms with van der Waals surface area (Å²) in [5, 5.41) is 10.0. The molecule has 130 valence electrons. The van der Waals surface area contributed by atoms with E-state index in [9.17, 15) is 4.79 Å². The molecule has 4 rings (SSSR count). The lowest BCUT2D eigenvalue weighted by Crippen LogP contribution is -2.06. The van der Waals surface area contributed by atoms with Crippen molar-refractivity contribution in [1.82, 2.24) is 19.9 Å². The van der Waals surface area contributed by atoms with E-state index in [1.807, 2.05) is 42.6 Å². The zero-order chi connectivity index (χ0) is 17.9. The van der Waals surface area contributed by atoms with E-state index < -0.39 is 5.97 Å². The number of esters is 1. The van der Waals surface area contributed by atoms with E-state index in [2.05, 4.69) is 15.2 Å². The molecule has 0 aliphatic carbocycles. The fraction of sp³-hybridized carbons (Fsp3) is 0.111. The fourth-order valence-corrected chi connectivity index (χ4v) is 3.06. The Morgan fingerprint density at radius 1 is 1.23 bits per heavy atom. The normalized spacial score (nSPS) is 10.8. The average Bonchev–Trinajstić information content (AvgIpc) is 3.41. The van der Waals surface area contributed by atoms with Crippen LogP contribution in [0.1, 0.15) is 21.9 Å². The largest absolute Gasteiger partial charge is 0.452 e. The van der Waals surface area contributed by atoms with E-state index in [-0.39, 0.29) is 12.5 Å². The smallest absolute Gasteiger partial charge is 0.338 e. The number of rotatable bonds is 5. The summed E-state index contributed by atoms with van der Waals surface area (Å²) in [5.74, 6) is 0.292. The molecule has 0 aliphatic rings. The lowest BCUT2D eigenvalue weighted by Gasteiger charge is -2.06. The van der Waals surface area contributed by atoms with Gasteiger partial charge in [-0.3, -0.25) is 0 Å². The Bertz CT molecular complexity index is 1020. The van der Waals surface area contributed by atoms with Gasteiger partial charge in [0.15, 0.2) is 6.61 Å². The van der Waals surface area contributed by atoms with Crippen molar-refractivity contribution in [3.8, 4) is 16.4 Å². The molecular formula is C18H14N4O3S. The van der Waals surface area contributed by atoms with Crippen LogP contribution in [-0.2, 0) is 11.3 Å². The highest BCUT2D eigenvalue weighted by Gasteiger charge is 2.13. The number of aromatic nitrogens is 4. The molecule has 0 fully saturated rings. The van der Waals surface area contributed by atoms with Crippen molar-refractivity contribution in [2.45, 2.75) is 13.5 Å².